The lowest BCUT2D eigenvalue weighted by Crippen LogP contribution is -2.62. The summed E-state index contributed by atoms with van der Waals surface area (Å²) in [5.74, 6) is 3.58. The molecule has 0 spiro atoms. The summed E-state index contributed by atoms with van der Waals surface area (Å²) < 4.78 is 0. The van der Waals surface area contributed by atoms with Crippen LogP contribution in [-0.2, 0) is 0 Å². The van der Waals surface area contributed by atoms with E-state index < -0.39 is 0 Å². The smallest absolute Gasteiger partial charge is 0.151 e. The predicted octanol–water partition coefficient (Wildman–Crippen LogP) is 6.88. The van der Waals surface area contributed by atoms with Gasteiger partial charge in [0, 0.05) is 96.8 Å². The fraction of sp³-hybridized carbons (Fsp3) is 0.409. The minimum atomic E-state index is 0.110. The van der Waals surface area contributed by atoms with E-state index in [4.69, 9.17) is 0 Å². The number of pyridine rings is 2. The van der Waals surface area contributed by atoms with Crippen molar-refractivity contribution in [3.05, 3.63) is 85.2 Å². The second-order valence-corrected chi connectivity index (χ2v) is 17.2. The van der Waals surface area contributed by atoms with Crippen LogP contribution in [0.5, 0.6) is 11.5 Å². The molecule has 3 aliphatic heterocycles. The van der Waals surface area contributed by atoms with Gasteiger partial charge in [-0.25, -0.2) is 0 Å². The average molecular weight is 753 g/mol. The van der Waals surface area contributed by atoms with Gasteiger partial charge in [-0.15, -0.1) is 20.4 Å². The Kier molecular flexibility index (Phi) is 9.74. The zero-order valence-electron chi connectivity index (χ0n) is 33.4. The van der Waals surface area contributed by atoms with Gasteiger partial charge in [-0.2, -0.15) is 0 Å². The van der Waals surface area contributed by atoms with Gasteiger partial charge in [-0.05, 0) is 115 Å². The Bertz CT molecular complexity index is 2320. The third-order valence-electron chi connectivity index (χ3n) is 12.5. The standard InChI is InChI=1S/C24H31N5O.C20H21N5O/c1-23(2)14-17(15-24(3,4)29(23)6)28(5)22-10-9-19(26-27-22)18-12-16-8-7-11-25-20(16)13-21(18)30;1-24-9-14-11-25(12-15(14)10-24)20-5-4-17(22-23-20)16-7-13-3-2-6-21-18(13)8-19(16)26/h7-13,17,30H,14-15H2,1-6H3;2-8,14-15,26H,9-12H2,1H3/t;14-,15+. The van der Waals surface area contributed by atoms with Gasteiger partial charge in [0.05, 0.1) is 22.4 Å². The Balaban J connectivity index is 0.000000159. The first-order valence-electron chi connectivity index (χ1n) is 19.5. The zero-order chi connectivity index (χ0) is 39.4. The quantitative estimate of drug-likeness (QED) is 0.190. The van der Waals surface area contributed by atoms with Gasteiger partial charge in [0.1, 0.15) is 11.5 Å². The molecule has 9 rings (SSSR count). The molecule has 12 nitrogen and oxygen atoms in total. The van der Waals surface area contributed by atoms with E-state index >= 15 is 0 Å². The van der Waals surface area contributed by atoms with Gasteiger partial charge in [0.25, 0.3) is 0 Å². The average Bonchev–Trinajstić information content (AvgIpc) is 3.74. The Morgan fingerprint density at radius 3 is 1.64 bits per heavy atom. The fourth-order valence-electron chi connectivity index (χ4n) is 9.12. The maximum atomic E-state index is 10.5. The summed E-state index contributed by atoms with van der Waals surface area (Å²) in [6, 6.07) is 23.2. The number of piperidine rings is 1. The third-order valence-corrected chi connectivity index (χ3v) is 12.5. The maximum absolute atomic E-state index is 10.5. The van der Waals surface area contributed by atoms with Gasteiger partial charge in [-0.1, -0.05) is 12.1 Å². The molecule has 12 heteroatoms. The van der Waals surface area contributed by atoms with Crippen molar-refractivity contribution in [1.82, 2.24) is 40.2 Å². The van der Waals surface area contributed by atoms with E-state index in [1.54, 1.807) is 24.5 Å². The Morgan fingerprint density at radius 2 is 1.16 bits per heavy atom. The van der Waals surface area contributed by atoms with Crippen molar-refractivity contribution >= 4 is 33.4 Å². The SMILES string of the molecule is CN(c1ccc(-c2cc3cccnc3cc2O)nn1)C1CC(C)(C)N(C)C(C)(C)C1.CN1C[C@@H]2CN(c3ccc(-c4cc5cccnc5cc4O)nn3)C[C@@H]2C1. The number of aromatic nitrogens is 6. The van der Waals surface area contributed by atoms with Crippen molar-refractivity contribution in [2.45, 2.75) is 57.7 Å². The van der Waals surface area contributed by atoms with Gasteiger partial charge in [0.15, 0.2) is 11.6 Å². The summed E-state index contributed by atoms with van der Waals surface area (Å²) in [6.07, 6.45) is 5.56. The number of benzene rings is 2. The van der Waals surface area contributed by atoms with E-state index in [1.807, 2.05) is 60.7 Å². The largest absolute Gasteiger partial charge is 0.507 e. The molecule has 4 aromatic heterocycles. The summed E-state index contributed by atoms with van der Waals surface area (Å²) in [7, 11) is 6.52. The zero-order valence-corrected chi connectivity index (χ0v) is 33.4. The topological polar surface area (TPSA) is 131 Å². The molecule has 290 valence electrons. The van der Waals surface area contributed by atoms with Gasteiger partial charge in [0.2, 0.25) is 0 Å². The van der Waals surface area contributed by atoms with E-state index in [1.165, 1.54) is 13.1 Å². The van der Waals surface area contributed by atoms with Gasteiger partial charge >= 0.3 is 0 Å². The second-order valence-electron chi connectivity index (χ2n) is 17.2. The van der Waals surface area contributed by atoms with E-state index in [9.17, 15) is 10.2 Å². The molecule has 3 fully saturated rings. The number of anilines is 2. The number of hydrogen-bond donors (Lipinski definition) is 2. The first kappa shape index (κ1) is 37.5. The number of aromatic hydroxyl groups is 2. The van der Waals surface area contributed by atoms with Crippen LogP contribution in [0.15, 0.2) is 85.2 Å². The number of hydrogen-bond acceptors (Lipinski definition) is 12. The predicted molar refractivity (Wildman–Crippen MR) is 223 cm³/mol. The molecular weight excluding hydrogens is 701 g/mol. The van der Waals surface area contributed by atoms with Crippen LogP contribution in [-0.4, -0.2) is 115 Å². The monoisotopic (exact) mass is 752 g/mol. The highest BCUT2D eigenvalue weighted by Crippen LogP contribution is 2.40. The number of phenols is 2. The lowest BCUT2D eigenvalue weighted by molar-refractivity contribution is -0.0120. The highest BCUT2D eigenvalue weighted by atomic mass is 16.3. The van der Waals surface area contributed by atoms with Crippen LogP contribution >= 0.6 is 0 Å². The number of likely N-dealkylation sites (tertiary alicyclic amines) is 2. The molecule has 0 saturated carbocycles. The molecule has 2 aromatic carbocycles. The molecule has 3 saturated heterocycles. The van der Waals surface area contributed by atoms with Crippen LogP contribution < -0.4 is 9.80 Å². The van der Waals surface area contributed by atoms with Crippen molar-refractivity contribution in [2.24, 2.45) is 11.8 Å². The molecule has 3 aliphatic rings. The van der Waals surface area contributed by atoms with Crippen LogP contribution in [0.3, 0.4) is 0 Å². The molecule has 0 bridgehead atoms. The van der Waals surface area contributed by atoms with Crippen molar-refractivity contribution in [1.29, 1.82) is 0 Å². The van der Waals surface area contributed by atoms with E-state index in [0.717, 1.165) is 71.2 Å². The molecule has 2 N–H and O–H groups in total. The molecule has 0 radical (unpaired) electrons. The molecule has 0 aliphatic carbocycles. The second kappa shape index (κ2) is 14.6. The van der Waals surface area contributed by atoms with E-state index in [-0.39, 0.29) is 22.6 Å². The van der Waals surface area contributed by atoms with E-state index in [2.05, 4.69) is 98.8 Å². The van der Waals surface area contributed by atoms with Crippen molar-refractivity contribution in [3.63, 3.8) is 0 Å². The van der Waals surface area contributed by atoms with Gasteiger partial charge in [-0.3, -0.25) is 14.9 Å². The highest BCUT2D eigenvalue weighted by molar-refractivity contribution is 5.88. The first-order chi connectivity index (χ1) is 26.8. The molecular formula is C44H52N10O2. The number of nitrogens with zero attached hydrogens (tertiary/aromatic N) is 10. The maximum Gasteiger partial charge on any atom is 0.151 e. The summed E-state index contributed by atoms with van der Waals surface area (Å²) in [5, 5.41) is 40.5. The molecule has 6 aromatic rings. The molecule has 0 unspecified atom stereocenters. The lowest BCUT2D eigenvalue weighted by atomic mass is 9.77. The van der Waals surface area contributed by atoms with Crippen LogP contribution in [0.2, 0.25) is 0 Å². The fourth-order valence-corrected chi connectivity index (χ4v) is 9.12. The summed E-state index contributed by atoms with van der Waals surface area (Å²) in [4.78, 5) is 18.0. The van der Waals surface area contributed by atoms with Gasteiger partial charge < -0.3 is 24.9 Å². The molecule has 0 amide bonds. The Hall–Kier alpha value is -5.46. The molecule has 7 heterocycles. The number of fused-ring (bicyclic) bond motifs is 3. The Morgan fingerprint density at radius 1 is 0.643 bits per heavy atom. The summed E-state index contributed by atoms with van der Waals surface area (Å²) >= 11 is 0. The minimum absolute atomic E-state index is 0.110. The van der Waals surface area contributed by atoms with Crippen LogP contribution in [0, 0.1) is 11.8 Å². The van der Waals surface area contributed by atoms with Crippen LogP contribution in [0.4, 0.5) is 11.6 Å². The molecule has 56 heavy (non-hydrogen) atoms. The van der Waals surface area contributed by atoms with Crippen LogP contribution in [0.1, 0.15) is 40.5 Å². The van der Waals surface area contributed by atoms with Crippen molar-refractivity contribution in [3.8, 4) is 34.0 Å². The summed E-state index contributed by atoms with van der Waals surface area (Å²) in [5.41, 5.74) is 4.43. The Labute approximate surface area is 328 Å². The van der Waals surface area contributed by atoms with Crippen molar-refractivity contribution in [2.75, 3.05) is 57.1 Å². The number of rotatable bonds is 5. The highest BCUT2D eigenvalue weighted by Gasteiger charge is 2.44. The lowest BCUT2D eigenvalue weighted by Gasteiger charge is -2.55. The summed E-state index contributed by atoms with van der Waals surface area (Å²) in [6.45, 7) is 13.7. The third kappa shape index (κ3) is 7.31. The van der Waals surface area contributed by atoms with E-state index in [0.29, 0.717) is 28.6 Å². The first-order valence-corrected chi connectivity index (χ1v) is 19.5. The van der Waals surface area contributed by atoms with Crippen molar-refractivity contribution < 1.29 is 10.2 Å². The number of phenolic OH excluding ortho intramolecular Hbond substituents is 2. The normalized spacial score (nSPS) is 20.9. The van der Waals surface area contributed by atoms with Crippen LogP contribution in [0.25, 0.3) is 44.3 Å². The minimum Gasteiger partial charge on any atom is -0.507 e. The molecule has 2 atom stereocenters.